The van der Waals surface area contributed by atoms with Crippen LogP contribution in [0.3, 0.4) is 0 Å². The van der Waals surface area contributed by atoms with Gasteiger partial charge in [-0.05, 0) is 25.1 Å². The number of halogens is 1. The van der Waals surface area contributed by atoms with E-state index in [1.165, 1.54) is 4.90 Å². The molecule has 0 aliphatic rings. The zero-order valence-corrected chi connectivity index (χ0v) is 10.3. The summed E-state index contributed by atoms with van der Waals surface area (Å²) in [7, 11) is 1.58. The van der Waals surface area contributed by atoms with Crippen LogP contribution in [0.5, 0.6) is 0 Å². The molecule has 1 amide bonds. The average Bonchev–Trinajstić information content (AvgIpc) is 2.35. The number of carbonyl (C=O) groups is 1. The molecule has 0 bridgehead atoms. The van der Waals surface area contributed by atoms with E-state index in [-0.39, 0.29) is 11.7 Å². The normalized spacial score (nSPS) is 13.2. The molecular weight excluding hydrogens is 242 g/mol. The standard InChI is InChI=1S/C11H14ClN3O2/c1-7(10(13)14-17)15(2)11(16)8-4-3-5-9(12)6-8/h3-7,17H,1-2H3,(H2,13,14). The number of rotatable bonds is 3. The molecule has 92 valence electrons. The Balaban J connectivity index is 2.90. The van der Waals surface area contributed by atoms with E-state index < -0.39 is 6.04 Å². The highest BCUT2D eigenvalue weighted by atomic mass is 35.5. The van der Waals surface area contributed by atoms with E-state index in [4.69, 9.17) is 22.5 Å². The van der Waals surface area contributed by atoms with Crippen LogP contribution in [0.4, 0.5) is 0 Å². The van der Waals surface area contributed by atoms with E-state index in [0.717, 1.165) is 0 Å². The Kier molecular flexibility index (Phi) is 4.34. The molecule has 1 aromatic carbocycles. The van der Waals surface area contributed by atoms with Crippen LogP contribution in [-0.4, -0.2) is 34.9 Å². The van der Waals surface area contributed by atoms with Crippen molar-refractivity contribution in [2.45, 2.75) is 13.0 Å². The van der Waals surface area contributed by atoms with Gasteiger partial charge in [0.1, 0.15) is 0 Å². The second-order valence-corrected chi connectivity index (χ2v) is 4.06. The summed E-state index contributed by atoms with van der Waals surface area (Å²) >= 11 is 5.80. The van der Waals surface area contributed by atoms with Crippen LogP contribution in [0.25, 0.3) is 0 Å². The highest BCUT2D eigenvalue weighted by Gasteiger charge is 2.20. The lowest BCUT2D eigenvalue weighted by Crippen LogP contribution is -2.43. The SMILES string of the molecule is CC(C(N)=NO)N(C)C(=O)c1cccc(Cl)c1. The third-order valence-electron chi connectivity index (χ3n) is 2.52. The molecule has 3 N–H and O–H groups in total. The van der Waals surface area contributed by atoms with Gasteiger partial charge in [0, 0.05) is 17.6 Å². The number of benzene rings is 1. The number of carbonyl (C=O) groups excluding carboxylic acids is 1. The van der Waals surface area contributed by atoms with Crippen LogP contribution in [0.2, 0.25) is 5.02 Å². The van der Waals surface area contributed by atoms with Crippen molar-refractivity contribution in [1.82, 2.24) is 4.90 Å². The van der Waals surface area contributed by atoms with Gasteiger partial charge in [0.25, 0.3) is 5.91 Å². The first-order valence-corrected chi connectivity index (χ1v) is 5.35. The lowest BCUT2D eigenvalue weighted by atomic mass is 10.1. The van der Waals surface area contributed by atoms with E-state index in [1.807, 2.05) is 0 Å². The second kappa shape index (κ2) is 5.54. The third kappa shape index (κ3) is 3.10. The smallest absolute Gasteiger partial charge is 0.254 e. The topological polar surface area (TPSA) is 78.9 Å². The largest absolute Gasteiger partial charge is 0.409 e. The summed E-state index contributed by atoms with van der Waals surface area (Å²) in [6.07, 6.45) is 0. The minimum atomic E-state index is -0.494. The van der Waals surface area contributed by atoms with Gasteiger partial charge in [-0.3, -0.25) is 4.79 Å². The molecule has 0 saturated carbocycles. The summed E-state index contributed by atoms with van der Waals surface area (Å²) in [6, 6.07) is 6.11. The zero-order chi connectivity index (χ0) is 13.0. The molecule has 0 radical (unpaired) electrons. The van der Waals surface area contributed by atoms with Crippen molar-refractivity contribution in [3.8, 4) is 0 Å². The van der Waals surface area contributed by atoms with Crippen molar-refractivity contribution in [2.75, 3.05) is 7.05 Å². The maximum Gasteiger partial charge on any atom is 0.254 e. The molecular formula is C11H14ClN3O2. The fraction of sp³-hybridized carbons (Fsp3) is 0.273. The summed E-state index contributed by atoms with van der Waals surface area (Å²) in [5, 5.41) is 11.9. The minimum absolute atomic E-state index is 0.0251. The Bertz CT molecular complexity index is 448. The van der Waals surface area contributed by atoms with Crippen LogP contribution in [0.15, 0.2) is 29.4 Å². The Morgan fingerprint density at radius 2 is 2.24 bits per heavy atom. The number of nitrogens with zero attached hydrogens (tertiary/aromatic N) is 2. The van der Waals surface area contributed by atoms with Crippen molar-refractivity contribution in [3.05, 3.63) is 34.9 Å². The molecule has 0 aromatic heterocycles. The Morgan fingerprint density at radius 1 is 1.59 bits per heavy atom. The van der Waals surface area contributed by atoms with E-state index in [0.29, 0.717) is 10.6 Å². The lowest BCUT2D eigenvalue weighted by molar-refractivity contribution is 0.0776. The number of amides is 1. The van der Waals surface area contributed by atoms with Crippen molar-refractivity contribution in [1.29, 1.82) is 0 Å². The number of nitrogens with two attached hydrogens (primary N) is 1. The minimum Gasteiger partial charge on any atom is -0.409 e. The number of hydrogen-bond donors (Lipinski definition) is 2. The van der Waals surface area contributed by atoms with Gasteiger partial charge < -0.3 is 15.8 Å². The maximum absolute atomic E-state index is 12.0. The highest BCUT2D eigenvalue weighted by Crippen LogP contribution is 2.13. The number of likely N-dealkylation sites (N-methyl/N-ethyl adjacent to an activating group) is 1. The fourth-order valence-electron chi connectivity index (χ4n) is 1.28. The highest BCUT2D eigenvalue weighted by molar-refractivity contribution is 6.30. The Labute approximate surface area is 104 Å². The van der Waals surface area contributed by atoms with E-state index in [9.17, 15) is 4.79 Å². The summed E-state index contributed by atoms with van der Waals surface area (Å²) in [6.45, 7) is 1.66. The molecule has 0 aliphatic heterocycles. The van der Waals surface area contributed by atoms with E-state index in [1.54, 1.807) is 38.2 Å². The van der Waals surface area contributed by atoms with Crippen LogP contribution >= 0.6 is 11.6 Å². The summed E-state index contributed by atoms with van der Waals surface area (Å²) < 4.78 is 0. The van der Waals surface area contributed by atoms with Gasteiger partial charge in [-0.1, -0.05) is 22.8 Å². The average molecular weight is 256 g/mol. The first-order valence-electron chi connectivity index (χ1n) is 4.97. The molecule has 0 heterocycles. The van der Waals surface area contributed by atoms with Crippen molar-refractivity contribution in [2.24, 2.45) is 10.9 Å². The molecule has 17 heavy (non-hydrogen) atoms. The van der Waals surface area contributed by atoms with Crippen molar-refractivity contribution >= 4 is 23.3 Å². The van der Waals surface area contributed by atoms with Gasteiger partial charge in [-0.25, -0.2) is 0 Å². The molecule has 0 spiro atoms. The molecule has 0 saturated heterocycles. The fourth-order valence-corrected chi connectivity index (χ4v) is 1.47. The molecule has 5 nitrogen and oxygen atoms in total. The van der Waals surface area contributed by atoms with Gasteiger partial charge in [-0.15, -0.1) is 0 Å². The number of oxime groups is 1. The molecule has 0 aliphatic carbocycles. The predicted octanol–water partition coefficient (Wildman–Crippen LogP) is 1.55. The number of hydrogen-bond acceptors (Lipinski definition) is 3. The monoisotopic (exact) mass is 255 g/mol. The first kappa shape index (κ1) is 13.3. The van der Waals surface area contributed by atoms with Crippen LogP contribution in [0.1, 0.15) is 17.3 Å². The van der Waals surface area contributed by atoms with Crippen molar-refractivity contribution < 1.29 is 10.0 Å². The van der Waals surface area contributed by atoms with Gasteiger partial charge in [-0.2, -0.15) is 0 Å². The Morgan fingerprint density at radius 3 is 2.76 bits per heavy atom. The van der Waals surface area contributed by atoms with Gasteiger partial charge in [0.2, 0.25) is 0 Å². The van der Waals surface area contributed by atoms with Gasteiger partial charge in [0.05, 0.1) is 6.04 Å². The summed E-state index contributed by atoms with van der Waals surface area (Å²) in [5.74, 6) is -0.269. The number of amidine groups is 1. The maximum atomic E-state index is 12.0. The summed E-state index contributed by atoms with van der Waals surface area (Å²) in [5.41, 5.74) is 5.90. The van der Waals surface area contributed by atoms with E-state index >= 15 is 0 Å². The molecule has 1 rings (SSSR count). The van der Waals surface area contributed by atoms with Gasteiger partial charge >= 0.3 is 0 Å². The first-order chi connectivity index (χ1) is 7.97. The van der Waals surface area contributed by atoms with Crippen LogP contribution in [0, 0.1) is 0 Å². The molecule has 1 atom stereocenters. The van der Waals surface area contributed by atoms with Crippen LogP contribution < -0.4 is 5.73 Å². The van der Waals surface area contributed by atoms with Gasteiger partial charge in [0.15, 0.2) is 5.84 Å². The molecule has 0 fully saturated rings. The lowest BCUT2D eigenvalue weighted by Gasteiger charge is -2.23. The molecule has 1 aromatic rings. The van der Waals surface area contributed by atoms with Crippen LogP contribution in [-0.2, 0) is 0 Å². The quantitative estimate of drug-likeness (QED) is 0.372. The molecule has 1 unspecified atom stereocenters. The second-order valence-electron chi connectivity index (χ2n) is 3.63. The van der Waals surface area contributed by atoms with E-state index in [2.05, 4.69) is 5.16 Å². The predicted molar refractivity (Wildman–Crippen MR) is 66.4 cm³/mol. The third-order valence-corrected chi connectivity index (χ3v) is 2.75. The Hall–Kier alpha value is -1.75. The van der Waals surface area contributed by atoms with Crippen molar-refractivity contribution in [3.63, 3.8) is 0 Å². The summed E-state index contributed by atoms with van der Waals surface area (Å²) in [4.78, 5) is 13.4. The molecule has 6 heteroatoms. The zero-order valence-electron chi connectivity index (χ0n) is 9.59.